The van der Waals surface area contributed by atoms with E-state index >= 15 is 0 Å². The Labute approximate surface area is 121 Å². The second kappa shape index (κ2) is 6.65. The van der Waals surface area contributed by atoms with Gasteiger partial charge in [-0.1, -0.05) is 0 Å². The summed E-state index contributed by atoms with van der Waals surface area (Å²) < 4.78 is 9.62. The minimum atomic E-state index is -0.346. The first kappa shape index (κ1) is 14.7. The molecule has 0 aliphatic rings. The Bertz CT molecular complexity index is 608. The molecule has 1 amide bonds. The van der Waals surface area contributed by atoms with E-state index in [4.69, 9.17) is 4.42 Å². The maximum absolute atomic E-state index is 12.2. The topological polar surface area (TPSA) is 85.5 Å². The van der Waals surface area contributed by atoms with Gasteiger partial charge < -0.3 is 14.1 Å². The Morgan fingerprint density at radius 2 is 2.00 bits per heavy atom. The van der Waals surface area contributed by atoms with Gasteiger partial charge in [-0.25, -0.2) is 0 Å². The van der Waals surface area contributed by atoms with Crippen LogP contribution in [0.4, 0.5) is 0 Å². The minimum absolute atomic E-state index is 0.165. The molecule has 110 valence electrons. The van der Waals surface area contributed by atoms with Crippen LogP contribution in [0.3, 0.4) is 0 Å². The molecule has 0 bridgehead atoms. The van der Waals surface area contributed by atoms with E-state index in [1.165, 1.54) is 18.4 Å². The quantitative estimate of drug-likeness (QED) is 0.773. The van der Waals surface area contributed by atoms with E-state index in [-0.39, 0.29) is 18.3 Å². The summed E-state index contributed by atoms with van der Waals surface area (Å²) in [5, 5.41) is 7.39. The average Bonchev–Trinajstić information content (AvgIpc) is 3.06. The van der Waals surface area contributed by atoms with Crippen LogP contribution in [-0.4, -0.2) is 47.7 Å². The second-order valence-corrected chi connectivity index (χ2v) is 4.37. The Morgan fingerprint density at radius 3 is 2.57 bits per heavy atom. The number of carbonyl (C=O) groups excluding carboxylic acids is 2. The van der Waals surface area contributed by atoms with Crippen molar-refractivity contribution in [1.82, 2.24) is 15.1 Å². The number of esters is 1. The molecule has 0 spiro atoms. The molecule has 0 radical (unpaired) electrons. The lowest BCUT2D eigenvalue weighted by molar-refractivity contribution is -0.140. The Balaban J connectivity index is 2.01. The van der Waals surface area contributed by atoms with Gasteiger partial charge in [0, 0.05) is 24.7 Å². The second-order valence-electron chi connectivity index (χ2n) is 4.37. The fourth-order valence-corrected chi connectivity index (χ4v) is 1.74. The fraction of sp³-hybridized carbons (Fsp3) is 0.286. The lowest BCUT2D eigenvalue weighted by atomic mass is 10.1. The zero-order valence-electron chi connectivity index (χ0n) is 11.8. The molecule has 1 aromatic carbocycles. The first-order valence-corrected chi connectivity index (χ1v) is 6.30. The molecule has 0 saturated heterocycles. The van der Waals surface area contributed by atoms with Crippen LogP contribution in [0.15, 0.2) is 35.1 Å². The maximum Gasteiger partial charge on any atom is 0.307 e. The molecular weight excluding hydrogens is 274 g/mol. The van der Waals surface area contributed by atoms with Crippen LogP contribution in [-0.2, 0) is 9.53 Å². The van der Waals surface area contributed by atoms with E-state index in [0.29, 0.717) is 18.0 Å². The Kier molecular flexibility index (Phi) is 4.65. The van der Waals surface area contributed by atoms with Crippen molar-refractivity contribution in [1.29, 1.82) is 0 Å². The van der Waals surface area contributed by atoms with Crippen LogP contribution in [0.5, 0.6) is 0 Å². The van der Waals surface area contributed by atoms with Gasteiger partial charge in [0.2, 0.25) is 12.3 Å². The van der Waals surface area contributed by atoms with Gasteiger partial charge in [0.25, 0.3) is 5.91 Å². The van der Waals surface area contributed by atoms with E-state index < -0.39 is 0 Å². The third-order valence-electron chi connectivity index (χ3n) is 2.96. The molecule has 0 aliphatic heterocycles. The van der Waals surface area contributed by atoms with Gasteiger partial charge >= 0.3 is 5.97 Å². The van der Waals surface area contributed by atoms with Crippen LogP contribution in [0.1, 0.15) is 16.8 Å². The number of nitrogens with zero attached hydrogens (tertiary/aromatic N) is 3. The summed E-state index contributed by atoms with van der Waals surface area (Å²) in [4.78, 5) is 24.7. The zero-order chi connectivity index (χ0) is 15.2. The third-order valence-corrected chi connectivity index (χ3v) is 2.96. The summed E-state index contributed by atoms with van der Waals surface area (Å²) in [6.07, 6.45) is 1.41. The van der Waals surface area contributed by atoms with Crippen molar-refractivity contribution in [2.45, 2.75) is 6.42 Å². The molecule has 0 N–H and O–H groups in total. The lowest BCUT2D eigenvalue weighted by Gasteiger charge is -2.16. The largest absolute Gasteiger partial charge is 0.469 e. The molecule has 1 aromatic heterocycles. The predicted octanol–water partition coefficient (Wildman–Crippen LogP) is 1.37. The molecule has 1 heterocycles. The Morgan fingerprint density at radius 1 is 1.29 bits per heavy atom. The molecular formula is C14H15N3O4. The van der Waals surface area contributed by atoms with Crippen molar-refractivity contribution in [2.24, 2.45) is 0 Å². The SMILES string of the molecule is COC(=O)CCN(C)C(=O)c1ccc(-c2nnco2)cc1. The predicted molar refractivity (Wildman–Crippen MR) is 73.3 cm³/mol. The van der Waals surface area contributed by atoms with Gasteiger partial charge in [0.15, 0.2) is 0 Å². The monoisotopic (exact) mass is 289 g/mol. The van der Waals surface area contributed by atoms with Crippen molar-refractivity contribution >= 4 is 11.9 Å². The first-order valence-electron chi connectivity index (χ1n) is 6.30. The number of amides is 1. The van der Waals surface area contributed by atoms with E-state index in [1.807, 2.05) is 0 Å². The summed E-state index contributed by atoms with van der Waals surface area (Å²) in [5.41, 5.74) is 1.26. The molecule has 0 atom stereocenters. The summed E-state index contributed by atoms with van der Waals surface area (Å²) in [5.74, 6) is -0.120. The van der Waals surface area contributed by atoms with Gasteiger partial charge in [-0.2, -0.15) is 0 Å². The van der Waals surface area contributed by atoms with E-state index in [1.54, 1.807) is 31.3 Å². The van der Waals surface area contributed by atoms with E-state index in [0.717, 1.165) is 5.56 Å². The molecule has 0 aliphatic carbocycles. The molecule has 2 aromatic rings. The highest BCUT2D eigenvalue weighted by Crippen LogP contribution is 2.17. The Hall–Kier alpha value is -2.70. The molecule has 7 heteroatoms. The summed E-state index contributed by atoms with van der Waals surface area (Å²) >= 11 is 0. The number of ether oxygens (including phenoxy) is 1. The normalized spacial score (nSPS) is 10.2. The van der Waals surface area contributed by atoms with Gasteiger partial charge in [-0.15, -0.1) is 10.2 Å². The number of benzene rings is 1. The van der Waals surface area contributed by atoms with Gasteiger partial charge in [0.1, 0.15) is 0 Å². The molecule has 0 unspecified atom stereocenters. The highest BCUT2D eigenvalue weighted by molar-refractivity contribution is 5.94. The minimum Gasteiger partial charge on any atom is -0.469 e. The van der Waals surface area contributed by atoms with Crippen LogP contribution in [0.25, 0.3) is 11.5 Å². The van der Waals surface area contributed by atoms with Crippen LogP contribution < -0.4 is 0 Å². The zero-order valence-corrected chi connectivity index (χ0v) is 11.8. The number of hydrogen-bond donors (Lipinski definition) is 0. The van der Waals surface area contributed by atoms with E-state index in [2.05, 4.69) is 14.9 Å². The maximum atomic E-state index is 12.2. The highest BCUT2D eigenvalue weighted by atomic mass is 16.5. The van der Waals surface area contributed by atoms with Crippen molar-refractivity contribution in [3.63, 3.8) is 0 Å². The molecule has 0 fully saturated rings. The van der Waals surface area contributed by atoms with Gasteiger partial charge in [-0.05, 0) is 24.3 Å². The molecule has 7 nitrogen and oxygen atoms in total. The molecule has 2 rings (SSSR count). The summed E-state index contributed by atoms with van der Waals surface area (Å²) in [6.45, 7) is 0.302. The summed E-state index contributed by atoms with van der Waals surface area (Å²) in [7, 11) is 2.96. The first-order chi connectivity index (χ1) is 10.1. The number of aromatic nitrogens is 2. The van der Waals surface area contributed by atoms with Crippen molar-refractivity contribution < 1.29 is 18.7 Å². The molecule has 21 heavy (non-hydrogen) atoms. The number of methoxy groups -OCH3 is 1. The van der Waals surface area contributed by atoms with E-state index in [9.17, 15) is 9.59 Å². The highest BCUT2D eigenvalue weighted by Gasteiger charge is 2.13. The summed E-state index contributed by atoms with van der Waals surface area (Å²) in [6, 6.07) is 6.82. The van der Waals surface area contributed by atoms with Crippen LogP contribution >= 0.6 is 0 Å². The molecule has 0 saturated carbocycles. The van der Waals surface area contributed by atoms with Crippen LogP contribution in [0.2, 0.25) is 0 Å². The number of carbonyl (C=O) groups is 2. The third kappa shape index (κ3) is 3.65. The van der Waals surface area contributed by atoms with Gasteiger partial charge in [0.05, 0.1) is 13.5 Å². The standard InChI is InChI=1S/C14H15N3O4/c1-17(8-7-12(18)20-2)14(19)11-5-3-10(4-6-11)13-16-15-9-21-13/h3-6,9H,7-8H2,1-2H3. The number of hydrogen-bond acceptors (Lipinski definition) is 6. The van der Waals surface area contributed by atoms with Gasteiger partial charge in [-0.3, -0.25) is 9.59 Å². The van der Waals surface area contributed by atoms with Crippen LogP contribution in [0, 0.1) is 0 Å². The smallest absolute Gasteiger partial charge is 0.307 e. The number of rotatable bonds is 5. The van der Waals surface area contributed by atoms with Crippen molar-refractivity contribution in [3.05, 3.63) is 36.2 Å². The van der Waals surface area contributed by atoms with Crippen molar-refractivity contribution in [2.75, 3.05) is 20.7 Å². The fourth-order valence-electron chi connectivity index (χ4n) is 1.74. The van der Waals surface area contributed by atoms with Crippen molar-refractivity contribution in [3.8, 4) is 11.5 Å². The lowest BCUT2D eigenvalue weighted by Crippen LogP contribution is -2.29. The average molecular weight is 289 g/mol.